The molecule has 2 aromatic rings. The van der Waals surface area contributed by atoms with Crippen molar-refractivity contribution in [2.24, 2.45) is 10.2 Å². The largest absolute Gasteiger partial charge is 0.491 e. The highest BCUT2D eigenvalue weighted by molar-refractivity contribution is 8.00. The van der Waals surface area contributed by atoms with Crippen LogP contribution < -0.4 is 20.7 Å². The second-order valence-corrected chi connectivity index (χ2v) is 13.5. The van der Waals surface area contributed by atoms with E-state index >= 15 is 0 Å². The molecule has 2 fully saturated rings. The molecule has 5 amide bonds. The van der Waals surface area contributed by atoms with Crippen molar-refractivity contribution >= 4 is 35.5 Å². The fraction of sp³-hybridized carbons (Fsp3) is 0.515. The van der Waals surface area contributed by atoms with Gasteiger partial charge in [-0.1, -0.05) is 30.7 Å². The Labute approximate surface area is 295 Å². The number of alkyl halides is 3. The van der Waals surface area contributed by atoms with Gasteiger partial charge in [0.25, 0.3) is 11.8 Å². The number of hydrogen-bond acceptors (Lipinski definition) is 11. The molecule has 0 aromatic heterocycles. The van der Waals surface area contributed by atoms with Crippen molar-refractivity contribution in [3.63, 3.8) is 0 Å². The van der Waals surface area contributed by atoms with E-state index in [1.54, 1.807) is 12.1 Å². The van der Waals surface area contributed by atoms with Crippen molar-refractivity contribution < 1.29 is 51.4 Å². The van der Waals surface area contributed by atoms with Crippen LogP contribution in [0.25, 0.3) is 0 Å². The van der Waals surface area contributed by atoms with E-state index in [0.29, 0.717) is 29.9 Å². The molecule has 0 saturated carbocycles. The third-order valence-corrected chi connectivity index (χ3v) is 10.3. The highest BCUT2D eigenvalue weighted by Gasteiger charge is 2.65. The summed E-state index contributed by atoms with van der Waals surface area (Å²) in [5.41, 5.74) is -2.28. The number of carbonyl (C=O) groups is 4. The molecule has 0 spiro atoms. The molecule has 3 atom stereocenters. The number of unbranched alkanes of at least 4 members (excludes halogenated alkanes) is 1. The van der Waals surface area contributed by atoms with Gasteiger partial charge in [-0.3, -0.25) is 19.2 Å². The van der Waals surface area contributed by atoms with Crippen LogP contribution in [-0.4, -0.2) is 97.7 Å². The van der Waals surface area contributed by atoms with Crippen LogP contribution in [0.5, 0.6) is 5.75 Å². The van der Waals surface area contributed by atoms with Gasteiger partial charge in [0.1, 0.15) is 19.0 Å². The maximum atomic E-state index is 13.7. The van der Waals surface area contributed by atoms with Gasteiger partial charge in [0, 0.05) is 35.1 Å². The maximum absolute atomic E-state index is 13.7. The maximum Gasteiger partial charge on any atom is 0.442 e. The first kappa shape index (κ1) is 36.5. The summed E-state index contributed by atoms with van der Waals surface area (Å²) in [6.45, 7) is 0.777. The number of hydroxylamine groups is 2. The second-order valence-electron chi connectivity index (χ2n) is 12.2. The first-order valence-electron chi connectivity index (χ1n) is 16.6. The van der Waals surface area contributed by atoms with Gasteiger partial charge >= 0.3 is 17.9 Å². The summed E-state index contributed by atoms with van der Waals surface area (Å²) >= 11 is 1.85. The number of nitrogens with zero attached hydrogens (tertiary/aromatic N) is 3. The lowest BCUT2D eigenvalue weighted by Gasteiger charge is -2.19. The van der Waals surface area contributed by atoms with E-state index in [1.165, 1.54) is 24.3 Å². The predicted molar refractivity (Wildman–Crippen MR) is 175 cm³/mol. The van der Waals surface area contributed by atoms with E-state index in [4.69, 9.17) is 19.0 Å². The zero-order chi connectivity index (χ0) is 36.0. The lowest BCUT2D eigenvalue weighted by molar-refractivity contribution is -0.166. The summed E-state index contributed by atoms with van der Waals surface area (Å²) in [5.74, 6) is -0.425. The summed E-state index contributed by atoms with van der Waals surface area (Å²) in [4.78, 5) is 54.5. The van der Waals surface area contributed by atoms with Gasteiger partial charge in [0.15, 0.2) is 0 Å². The summed E-state index contributed by atoms with van der Waals surface area (Å²) in [7, 11) is 0. The molecular formula is C33H37F3N6O8S. The van der Waals surface area contributed by atoms with E-state index in [1.807, 2.05) is 11.8 Å². The zero-order valence-corrected chi connectivity index (χ0v) is 28.2. The molecule has 18 heteroatoms. The molecular weight excluding hydrogens is 697 g/mol. The second kappa shape index (κ2) is 16.0. The standard InChI is InChI=1S/C33H37F3N6O8S/c34-33(35,36)32(40-41-32)21-10-9-20(18-50-42-29(44)22-5-1-2-6-23(22)30(42)45)25(17-21)49-16-15-48-14-13-47-12-11-37-27(43)8-4-3-7-26-28-24(19-51-26)38-31(46)39-28/h1-2,5-6,9-10,17,24,26,28H,3-4,7-8,11-16,18-19H2,(H,37,43)(H2,38,39,46). The topological polar surface area (TPSA) is 169 Å². The Morgan fingerprint density at radius 3 is 2.37 bits per heavy atom. The Kier molecular flexibility index (Phi) is 11.4. The first-order valence-corrected chi connectivity index (χ1v) is 17.6. The van der Waals surface area contributed by atoms with Gasteiger partial charge in [-0.05, 0) is 31.0 Å². The number of ether oxygens (including phenoxy) is 3. The number of benzene rings is 2. The Hall–Kier alpha value is -4.26. The molecule has 4 aliphatic rings. The van der Waals surface area contributed by atoms with E-state index < -0.39 is 23.7 Å². The molecule has 0 radical (unpaired) electrons. The van der Waals surface area contributed by atoms with E-state index in [-0.39, 0.29) is 85.1 Å². The molecule has 51 heavy (non-hydrogen) atoms. The molecule has 4 aliphatic heterocycles. The Morgan fingerprint density at radius 1 is 0.961 bits per heavy atom. The molecule has 4 heterocycles. The Balaban J connectivity index is 0.870. The number of nitrogens with one attached hydrogen (secondary N) is 3. The average Bonchev–Trinajstić information content (AvgIpc) is 3.68. The predicted octanol–water partition coefficient (Wildman–Crippen LogP) is 3.85. The van der Waals surface area contributed by atoms with Crippen LogP contribution in [0.2, 0.25) is 0 Å². The third-order valence-electron chi connectivity index (χ3n) is 8.78. The van der Waals surface area contributed by atoms with Gasteiger partial charge in [0.05, 0.1) is 49.6 Å². The Bertz CT molecular complexity index is 1620. The SMILES string of the molecule is O=C(CCCCC1SCC2NC(=O)NC21)NCCOCCOCCOc1cc(C2(C(F)(F)F)N=N2)ccc1CON1C(=O)c2ccccc2C1=O. The number of hydrogen-bond donors (Lipinski definition) is 3. The number of thioether (sulfide) groups is 1. The van der Waals surface area contributed by atoms with Crippen LogP contribution in [-0.2, 0) is 31.4 Å². The van der Waals surface area contributed by atoms with Gasteiger partial charge < -0.3 is 30.2 Å². The highest BCUT2D eigenvalue weighted by atomic mass is 32.2. The number of carbonyl (C=O) groups excluding carboxylic acids is 4. The van der Waals surface area contributed by atoms with Crippen LogP contribution in [0.3, 0.4) is 0 Å². The first-order chi connectivity index (χ1) is 24.6. The summed E-state index contributed by atoms with van der Waals surface area (Å²) < 4.78 is 57.8. The number of fused-ring (bicyclic) bond motifs is 2. The summed E-state index contributed by atoms with van der Waals surface area (Å²) in [6, 6.07) is 10.2. The number of urea groups is 1. The molecule has 14 nitrogen and oxygen atoms in total. The molecule has 3 N–H and O–H groups in total. The smallest absolute Gasteiger partial charge is 0.442 e. The van der Waals surface area contributed by atoms with Crippen molar-refractivity contribution in [2.75, 3.05) is 45.3 Å². The minimum atomic E-state index is -4.75. The molecule has 2 saturated heterocycles. The van der Waals surface area contributed by atoms with Gasteiger partial charge in [0.2, 0.25) is 5.91 Å². The van der Waals surface area contributed by atoms with Gasteiger partial charge in [-0.15, -0.1) is 15.3 Å². The van der Waals surface area contributed by atoms with Gasteiger partial charge in [-0.25, -0.2) is 4.79 Å². The highest BCUT2D eigenvalue weighted by Crippen LogP contribution is 2.53. The molecule has 3 unspecified atom stereocenters. The lowest BCUT2D eigenvalue weighted by Crippen LogP contribution is -2.36. The third kappa shape index (κ3) is 8.45. The minimum absolute atomic E-state index is 0.0197. The number of halogens is 3. The summed E-state index contributed by atoms with van der Waals surface area (Å²) in [5, 5.41) is 16.2. The van der Waals surface area contributed by atoms with E-state index in [2.05, 4.69) is 26.2 Å². The van der Waals surface area contributed by atoms with Crippen LogP contribution in [0, 0.1) is 0 Å². The fourth-order valence-electron chi connectivity index (χ4n) is 6.04. The average molecular weight is 735 g/mol. The molecule has 274 valence electrons. The number of amides is 5. The monoisotopic (exact) mass is 734 g/mol. The molecule has 6 rings (SSSR count). The zero-order valence-electron chi connectivity index (χ0n) is 27.4. The minimum Gasteiger partial charge on any atom is -0.491 e. The summed E-state index contributed by atoms with van der Waals surface area (Å²) in [6.07, 6.45) is -1.72. The van der Waals surface area contributed by atoms with Crippen molar-refractivity contribution in [1.82, 2.24) is 21.0 Å². The van der Waals surface area contributed by atoms with Crippen LogP contribution in [0.1, 0.15) is 57.5 Å². The Morgan fingerprint density at radius 2 is 1.67 bits per heavy atom. The van der Waals surface area contributed by atoms with Crippen molar-refractivity contribution in [3.8, 4) is 5.75 Å². The van der Waals surface area contributed by atoms with E-state index in [9.17, 15) is 32.3 Å². The van der Waals surface area contributed by atoms with Crippen molar-refractivity contribution in [1.29, 1.82) is 0 Å². The molecule has 0 bridgehead atoms. The molecule has 0 aliphatic carbocycles. The van der Waals surface area contributed by atoms with Gasteiger partial charge in [-0.2, -0.15) is 24.9 Å². The van der Waals surface area contributed by atoms with Crippen molar-refractivity contribution in [2.45, 2.75) is 61.5 Å². The van der Waals surface area contributed by atoms with Crippen LogP contribution >= 0.6 is 11.8 Å². The quantitative estimate of drug-likeness (QED) is 0.110. The van der Waals surface area contributed by atoms with E-state index in [0.717, 1.165) is 31.1 Å². The normalized spacial score (nSPS) is 21.4. The number of imide groups is 1. The lowest BCUT2D eigenvalue weighted by atomic mass is 10.0. The number of rotatable bonds is 19. The van der Waals surface area contributed by atoms with Crippen LogP contribution in [0.15, 0.2) is 52.7 Å². The van der Waals surface area contributed by atoms with Crippen molar-refractivity contribution in [3.05, 3.63) is 64.7 Å². The van der Waals surface area contributed by atoms with Crippen LogP contribution in [0.4, 0.5) is 18.0 Å². The fourth-order valence-corrected chi connectivity index (χ4v) is 7.59. The molecule has 2 aromatic carbocycles.